The number of rotatable bonds is 6. The Morgan fingerprint density at radius 2 is 1.90 bits per heavy atom. The molecular formula is C16H14ClNO3. The highest BCUT2D eigenvalue weighted by atomic mass is 35.5. The highest BCUT2D eigenvalue weighted by molar-refractivity contribution is 6.33. The standard InChI is InChI=1S/C16H14ClNO3/c17-14-7-4-8-15(13(14)10-19)21-11-16(20)18-9-12-5-2-1-3-6-12/h1-8,10H,9,11H2,(H,18,20). The van der Waals surface area contributed by atoms with E-state index in [0.717, 1.165) is 5.56 Å². The van der Waals surface area contributed by atoms with Gasteiger partial charge in [0.2, 0.25) is 0 Å². The second-order valence-electron chi connectivity index (χ2n) is 4.32. The van der Waals surface area contributed by atoms with Crippen molar-refractivity contribution < 1.29 is 14.3 Å². The lowest BCUT2D eigenvalue weighted by Crippen LogP contribution is -2.28. The topological polar surface area (TPSA) is 55.4 Å². The van der Waals surface area contributed by atoms with Crippen LogP contribution in [-0.4, -0.2) is 18.8 Å². The second kappa shape index (κ2) is 7.45. The van der Waals surface area contributed by atoms with Crippen LogP contribution in [0.3, 0.4) is 0 Å². The van der Waals surface area contributed by atoms with Crippen molar-refractivity contribution in [1.82, 2.24) is 5.32 Å². The summed E-state index contributed by atoms with van der Waals surface area (Å²) in [5.41, 5.74) is 1.25. The number of carbonyl (C=O) groups excluding carboxylic acids is 2. The highest BCUT2D eigenvalue weighted by Gasteiger charge is 2.09. The van der Waals surface area contributed by atoms with Crippen LogP contribution in [0.5, 0.6) is 5.75 Å². The molecule has 4 nitrogen and oxygen atoms in total. The summed E-state index contributed by atoms with van der Waals surface area (Å²) in [4.78, 5) is 22.7. The van der Waals surface area contributed by atoms with Gasteiger partial charge in [-0.15, -0.1) is 0 Å². The Morgan fingerprint density at radius 3 is 2.62 bits per heavy atom. The molecule has 0 saturated carbocycles. The number of hydrogen-bond acceptors (Lipinski definition) is 3. The van der Waals surface area contributed by atoms with E-state index >= 15 is 0 Å². The number of carbonyl (C=O) groups is 2. The predicted molar refractivity (Wildman–Crippen MR) is 80.6 cm³/mol. The third-order valence-electron chi connectivity index (χ3n) is 2.82. The van der Waals surface area contributed by atoms with Crippen LogP contribution in [0.4, 0.5) is 0 Å². The van der Waals surface area contributed by atoms with Crippen LogP contribution in [0.1, 0.15) is 15.9 Å². The van der Waals surface area contributed by atoms with Gasteiger partial charge in [-0.1, -0.05) is 48.0 Å². The van der Waals surface area contributed by atoms with Gasteiger partial charge in [-0.3, -0.25) is 9.59 Å². The van der Waals surface area contributed by atoms with Crippen LogP contribution >= 0.6 is 11.6 Å². The SMILES string of the molecule is O=Cc1c(Cl)cccc1OCC(=O)NCc1ccccc1. The minimum Gasteiger partial charge on any atom is -0.483 e. The molecule has 2 aromatic carbocycles. The maximum absolute atomic E-state index is 11.7. The fourth-order valence-corrected chi connectivity index (χ4v) is 1.96. The normalized spacial score (nSPS) is 9.95. The molecule has 0 fully saturated rings. The average Bonchev–Trinajstić information content (AvgIpc) is 2.52. The summed E-state index contributed by atoms with van der Waals surface area (Å²) in [6.07, 6.45) is 0.611. The van der Waals surface area contributed by atoms with E-state index in [1.807, 2.05) is 30.3 Å². The zero-order valence-corrected chi connectivity index (χ0v) is 12.0. The van der Waals surface area contributed by atoms with E-state index in [-0.39, 0.29) is 18.1 Å². The van der Waals surface area contributed by atoms with E-state index in [2.05, 4.69) is 5.32 Å². The molecule has 1 amide bonds. The molecule has 108 valence electrons. The predicted octanol–water partition coefficient (Wildman–Crippen LogP) is 2.85. The zero-order valence-electron chi connectivity index (χ0n) is 11.2. The Bertz CT molecular complexity index is 629. The molecule has 0 aromatic heterocycles. The van der Waals surface area contributed by atoms with Crippen LogP contribution in [0.2, 0.25) is 5.02 Å². The quantitative estimate of drug-likeness (QED) is 0.835. The van der Waals surface area contributed by atoms with Crippen molar-refractivity contribution >= 4 is 23.8 Å². The first-order chi connectivity index (χ1) is 10.2. The maximum Gasteiger partial charge on any atom is 0.258 e. The van der Waals surface area contributed by atoms with Crippen molar-refractivity contribution in [2.24, 2.45) is 0 Å². The lowest BCUT2D eigenvalue weighted by atomic mass is 10.2. The molecule has 0 aliphatic carbocycles. The van der Waals surface area contributed by atoms with Gasteiger partial charge in [-0.2, -0.15) is 0 Å². The molecule has 0 saturated heterocycles. The van der Waals surface area contributed by atoms with E-state index in [1.54, 1.807) is 18.2 Å². The summed E-state index contributed by atoms with van der Waals surface area (Å²) >= 11 is 5.87. The number of ether oxygens (including phenoxy) is 1. The molecule has 21 heavy (non-hydrogen) atoms. The fraction of sp³-hybridized carbons (Fsp3) is 0.125. The maximum atomic E-state index is 11.7. The van der Waals surface area contributed by atoms with Crippen LogP contribution in [0.25, 0.3) is 0 Å². The van der Waals surface area contributed by atoms with E-state index in [0.29, 0.717) is 23.6 Å². The molecule has 2 rings (SSSR count). The van der Waals surface area contributed by atoms with E-state index in [1.165, 1.54) is 0 Å². The Labute approximate surface area is 127 Å². The average molecular weight is 304 g/mol. The number of aldehydes is 1. The van der Waals surface area contributed by atoms with Gasteiger partial charge in [0, 0.05) is 6.54 Å². The molecular weight excluding hydrogens is 290 g/mol. The van der Waals surface area contributed by atoms with Gasteiger partial charge in [-0.05, 0) is 17.7 Å². The van der Waals surface area contributed by atoms with E-state index in [4.69, 9.17) is 16.3 Å². The fourth-order valence-electron chi connectivity index (χ4n) is 1.75. The second-order valence-corrected chi connectivity index (χ2v) is 4.73. The van der Waals surface area contributed by atoms with Crippen molar-refractivity contribution in [2.45, 2.75) is 6.54 Å². The van der Waals surface area contributed by atoms with Gasteiger partial charge in [0.15, 0.2) is 12.9 Å². The molecule has 0 aliphatic rings. The Kier molecular flexibility index (Phi) is 5.35. The number of hydrogen-bond donors (Lipinski definition) is 1. The first kappa shape index (κ1) is 15.1. The van der Waals surface area contributed by atoms with Crippen molar-refractivity contribution in [3.05, 3.63) is 64.7 Å². The number of benzene rings is 2. The van der Waals surface area contributed by atoms with Gasteiger partial charge in [0.25, 0.3) is 5.91 Å². The van der Waals surface area contributed by atoms with Crippen LogP contribution in [-0.2, 0) is 11.3 Å². The summed E-state index contributed by atoms with van der Waals surface area (Å²) in [5.74, 6) is 0.0306. The van der Waals surface area contributed by atoms with Crippen molar-refractivity contribution in [1.29, 1.82) is 0 Å². The monoisotopic (exact) mass is 303 g/mol. The van der Waals surface area contributed by atoms with Crippen LogP contribution in [0.15, 0.2) is 48.5 Å². The van der Waals surface area contributed by atoms with Crippen molar-refractivity contribution in [3.63, 3.8) is 0 Å². The third-order valence-corrected chi connectivity index (χ3v) is 3.15. The largest absolute Gasteiger partial charge is 0.483 e. The summed E-state index contributed by atoms with van der Waals surface area (Å²) in [6, 6.07) is 14.4. The molecule has 5 heteroatoms. The molecule has 0 aliphatic heterocycles. The highest BCUT2D eigenvalue weighted by Crippen LogP contribution is 2.24. The van der Waals surface area contributed by atoms with Gasteiger partial charge in [-0.25, -0.2) is 0 Å². The lowest BCUT2D eigenvalue weighted by molar-refractivity contribution is -0.123. The zero-order chi connectivity index (χ0) is 15.1. The van der Waals surface area contributed by atoms with E-state index in [9.17, 15) is 9.59 Å². The summed E-state index contributed by atoms with van der Waals surface area (Å²) in [5, 5.41) is 3.03. The van der Waals surface area contributed by atoms with Gasteiger partial charge >= 0.3 is 0 Å². The van der Waals surface area contributed by atoms with Crippen LogP contribution < -0.4 is 10.1 Å². The molecule has 0 atom stereocenters. The van der Waals surface area contributed by atoms with E-state index < -0.39 is 0 Å². The Morgan fingerprint density at radius 1 is 1.14 bits per heavy atom. The third kappa shape index (κ3) is 4.33. The van der Waals surface area contributed by atoms with Crippen molar-refractivity contribution in [2.75, 3.05) is 6.61 Å². The molecule has 0 unspecified atom stereocenters. The number of amides is 1. The Balaban J connectivity index is 1.87. The van der Waals surface area contributed by atoms with Gasteiger partial charge in [0.1, 0.15) is 5.75 Å². The van der Waals surface area contributed by atoms with Gasteiger partial charge in [0.05, 0.1) is 10.6 Å². The first-order valence-corrected chi connectivity index (χ1v) is 6.75. The summed E-state index contributed by atoms with van der Waals surface area (Å²) < 4.78 is 5.33. The summed E-state index contributed by atoms with van der Waals surface area (Å²) in [6.45, 7) is 0.257. The molecule has 0 bridgehead atoms. The molecule has 0 spiro atoms. The van der Waals surface area contributed by atoms with Gasteiger partial charge < -0.3 is 10.1 Å². The van der Waals surface area contributed by atoms with Crippen molar-refractivity contribution in [3.8, 4) is 5.75 Å². The lowest BCUT2D eigenvalue weighted by Gasteiger charge is -2.09. The molecule has 2 aromatic rings. The molecule has 1 N–H and O–H groups in total. The molecule has 0 heterocycles. The first-order valence-electron chi connectivity index (χ1n) is 6.38. The smallest absolute Gasteiger partial charge is 0.258 e. The summed E-state index contributed by atoms with van der Waals surface area (Å²) in [7, 11) is 0. The molecule has 0 radical (unpaired) electrons. The minimum atomic E-state index is -0.268. The Hall–Kier alpha value is -2.33. The van der Waals surface area contributed by atoms with Crippen LogP contribution in [0, 0.1) is 0 Å². The minimum absolute atomic E-state index is 0.173. The number of nitrogens with one attached hydrogen (secondary N) is 1. The number of halogens is 1.